The second-order valence-corrected chi connectivity index (χ2v) is 5.41. The van der Waals surface area contributed by atoms with Crippen LogP contribution in [0.1, 0.15) is 58.4 Å². The van der Waals surface area contributed by atoms with Crippen molar-refractivity contribution in [3.63, 3.8) is 0 Å². The fourth-order valence-electron chi connectivity index (χ4n) is 1.62. The maximum absolute atomic E-state index is 6.20. The van der Waals surface area contributed by atoms with E-state index >= 15 is 0 Å². The average molecular weight is 210 g/mol. The number of hydrogen-bond donors (Lipinski definition) is 1. The highest BCUT2D eigenvalue weighted by Gasteiger charge is 2.28. The lowest BCUT2D eigenvalue weighted by molar-refractivity contribution is 0.303. The molecule has 1 atom stereocenters. The highest BCUT2D eigenvalue weighted by atomic mass is 15.3. The first-order valence-corrected chi connectivity index (χ1v) is 5.42. The zero-order valence-electron chi connectivity index (χ0n) is 10.6. The summed E-state index contributed by atoms with van der Waals surface area (Å²) in [4.78, 5) is 0. The van der Waals surface area contributed by atoms with Crippen LogP contribution in [-0.4, -0.2) is 14.8 Å². The van der Waals surface area contributed by atoms with Gasteiger partial charge in [0.05, 0.1) is 6.04 Å². The van der Waals surface area contributed by atoms with E-state index in [-0.39, 0.29) is 11.5 Å². The zero-order chi connectivity index (χ0) is 11.8. The van der Waals surface area contributed by atoms with Gasteiger partial charge in [0.15, 0.2) is 5.82 Å². The fraction of sp³-hybridized carbons (Fsp3) is 0.818. The molecule has 0 amide bonds. The minimum absolute atomic E-state index is 0.00606. The molecule has 0 aliphatic heterocycles. The Labute approximate surface area is 91.9 Å². The van der Waals surface area contributed by atoms with Gasteiger partial charge in [-0.1, -0.05) is 20.8 Å². The second-order valence-electron chi connectivity index (χ2n) is 5.41. The van der Waals surface area contributed by atoms with Gasteiger partial charge >= 0.3 is 0 Å². The van der Waals surface area contributed by atoms with Gasteiger partial charge < -0.3 is 10.3 Å². The van der Waals surface area contributed by atoms with Crippen LogP contribution in [-0.2, 0) is 0 Å². The van der Waals surface area contributed by atoms with E-state index in [1.165, 1.54) is 0 Å². The van der Waals surface area contributed by atoms with Gasteiger partial charge in [0, 0.05) is 6.04 Å². The monoisotopic (exact) mass is 210 g/mol. The molecule has 0 spiro atoms. The van der Waals surface area contributed by atoms with Crippen molar-refractivity contribution in [2.75, 3.05) is 0 Å². The Bertz CT molecular complexity index is 333. The van der Waals surface area contributed by atoms with Crippen molar-refractivity contribution < 1.29 is 0 Å². The molecule has 0 saturated carbocycles. The summed E-state index contributed by atoms with van der Waals surface area (Å²) in [6.45, 7) is 12.6. The molecule has 0 saturated heterocycles. The zero-order valence-corrected chi connectivity index (χ0v) is 10.6. The highest BCUT2D eigenvalue weighted by Crippen LogP contribution is 2.30. The summed E-state index contributed by atoms with van der Waals surface area (Å²) in [6.07, 6.45) is 0. The van der Waals surface area contributed by atoms with Crippen LogP contribution in [0.3, 0.4) is 0 Å². The number of rotatable bonds is 2. The molecule has 1 heterocycles. The molecular weight excluding hydrogens is 188 g/mol. The van der Waals surface area contributed by atoms with Crippen LogP contribution >= 0.6 is 0 Å². The topological polar surface area (TPSA) is 56.7 Å². The van der Waals surface area contributed by atoms with Gasteiger partial charge in [-0.3, -0.25) is 0 Å². The minimum atomic E-state index is -0.0823. The summed E-state index contributed by atoms with van der Waals surface area (Å²) in [5.41, 5.74) is 6.21. The van der Waals surface area contributed by atoms with E-state index in [0.717, 1.165) is 11.6 Å². The first-order valence-electron chi connectivity index (χ1n) is 5.42. The van der Waals surface area contributed by atoms with E-state index in [1.54, 1.807) is 0 Å². The van der Waals surface area contributed by atoms with Crippen LogP contribution < -0.4 is 5.73 Å². The van der Waals surface area contributed by atoms with Gasteiger partial charge in [-0.2, -0.15) is 0 Å². The summed E-state index contributed by atoms with van der Waals surface area (Å²) in [6, 6.07) is 0.268. The molecule has 86 valence electrons. The van der Waals surface area contributed by atoms with Gasteiger partial charge in [-0.15, -0.1) is 10.2 Å². The smallest absolute Gasteiger partial charge is 0.150 e. The molecule has 0 aliphatic carbocycles. The van der Waals surface area contributed by atoms with E-state index < -0.39 is 0 Å². The van der Waals surface area contributed by atoms with E-state index in [0.29, 0.717) is 6.04 Å². The maximum Gasteiger partial charge on any atom is 0.150 e. The SMILES string of the molecule is Cc1nnc([C@@H](N)C(C)(C)C)n1C(C)C. The van der Waals surface area contributed by atoms with Crippen LogP contribution in [0.15, 0.2) is 0 Å². The number of aromatic nitrogens is 3. The summed E-state index contributed by atoms with van der Waals surface area (Å²) in [7, 11) is 0. The van der Waals surface area contributed by atoms with E-state index in [9.17, 15) is 0 Å². The number of aryl methyl sites for hydroxylation is 1. The predicted octanol–water partition coefficient (Wildman–Crippen LogP) is 2.21. The summed E-state index contributed by atoms with van der Waals surface area (Å²) < 4.78 is 2.11. The molecule has 4 nitrogen and oxygen atoms in total. The minimum Gasteiger partial charge on any atom is -0.321 e. The van der Waals surface area contributed by atoms with Crippen molar-refractivity contribution in [2.24, 2.45) is 11.1 Å². The molecule has 1 aromatic rings. The molecule has 1 aromatic heterocycles. The molecule has 1 rings (SSSR count). The molecule has 2 N–H and O–H groups in total. The molecule has 0 fully saturated rings. The van der Waals surface area contributed by atoms with Gasteiger partial charge in [0.1, 0.15) is 5.82 Å². The summed E-state index contributed by atoms with van der Waals surface area (Å²) >= 11 is 0. The third kappa shape index (κ3) is 2.37. The van der Waals surface area contributed by atoms with E-state index in [1.807, 2.05) is 6.92 Å². The largest absolute Gasteiger partial charge is 0.321 e. The maximum atomic E-state index is 6.20. The van der Waals surface area contributed by atoms with Gasteiger partial charge in [0.25, 0.3) is 0 Å². The molecule has 0 unspecified atom stereocenters. The van der Waals surface area contributed by atoms with Crippen molar-refractivity contribution in [2.45, 2.75) is 53.6 Å². The van der Waals surface area contributed by atoms with Gasteiger partial charge in [-0.05, 0) is 26.2 Å². The van der Waals surface area contributed by atoms with Crippen LogP contribution in [0.4, 0.5) is 0 Å². The van der Waals surface area contributed by atoms with Crippen molar-refractivity contribution in [1.82, 2.24) is 14.8 Å². The lowest BCUT2D eigenvalue weighted by Gasteiger charge is -2.27. The van der Waals surface area contributed by atoms with Crippen molar-refractivity contribution in [3.05, 3.63) is 11.6 Å². The number of nitrogens with two attached hydrogens (primary N) is 1. The quantitative estimate of drug-likeness (QED) is 0.814. The van der Waals surface area contributed by atoms with E-state index in [4.69, 9.17) is 5.73 Å². The third-order valence-electron chi connectivity index (χ3n) is 2.62. The lowest BCUT2D eigenvalue weighted by Crippen LogP contribution is -2.30. The third-order valence-corrected chi connectivity index (χ3v) is 2.62. The Morgan fingerprint density at radius 2 is 1.73 bits per heavy atom. The molecule has 0 aromatic carbocycles. The first-order chi connectivity index (χ1) is 6.75. The Hall–Kier alpha value is -0.900. The Morgan fingerprint density at radius 3 is 2.13 bits per heavy atom. The Balaban J connectivity index is 3.15. The molecule has 4 heteroatoms. The van der Waals surface area contributed by atoms with Gasteiger partial charge in [0.2, 0.25) is 0 Å². The van der Waals surface area contributed by atoms with Crippen LogP contribution in [0, 0.1) is 12.3 Å². The van der Waals surface area contributed by atoms with Gasteiger partial charge in [-0.25, -0.2) is 0 Å². The van der Waals surface area contributed by atoms with Crippen LogP contribution in [0.5, 0.6) is 0 Å². The molecule has 15 heavy (non-hydrogen) atoms. The fourth-order valence-corrected chi connectivity index (χ4v) is 1.62. The molecule has 0 aliphatic rings. The average Bonchev–Trinajstić information content (AvgIpc) is 2.43. The normalized spacial score (nSPS) is 14.7. The Kier molecular flexibility index (Phi) is 3.19. The molecule has 0 bridgehead atoms. The Morgan fingerprint density at radius 1 is 1.20 bits per heavy atom. The van der Waals surface area contributed by atoms with Crippen LogP contribution in [0.25, 0.3) is 0 Å². The standard InChI is InChI=1S/C11H22N4/c1-7(2)15-8(3)13-14-10(15)9(12)11(4,5)6/h7,9H,12H2,1-6H3/t9-/m1/s1. The number of hydrogen-bond acceptors (Lipinski definition) is 3. The van der Waals surface area contributed by atoms with Crippen molar-refractivity contribution in [1.29, 1.82) is 0 Å². The molecule has 0 radical (unpaired) electrons. The van der Waals surface area contributed by atoms with E-state index in [2.05, 4.69) is 49.4 Å². The summed E-state index contributed by atoms with van der Waals surface area (Å²) in [5, 5.41) is 8.30. The highest BCUT2D eigenvalue weighted by molar-refractivity contribution is 5.04. The van der Waals surface area contributed by atoms with Crippen LogP contribution in [0.2, 0.25) is 0 Å². The van der Waals surface area contributed by atoms with Crippen molar-refractivity contribution in [3.8, 4) is 0 Å². The van der Waals surface area contributed by atoms with Crippen molar-refractivity contribution >= 4 is 0 Å². The lowest BCUT2D eigenvalue weighted by atomic mass is 9.87. The molecular formula is C11H22N4. The predicted molar refractivity (Wildman–Crippen MR) is 61.5 cm³/mol. The number of nitrogens with zero attached hydrogens (tertiary/aromatic N) is 3. The second kappa shape index (κ2) is 3.93. The summed E-state index contributed by atoms with van der Waals surface area (Å²) in [5.74, 6) is 1.81. The first kappa shape index (κ1) is 12.2.